The van der Waals surface area contributed by atoms with Crippen LogP contribution in [0.3, 0.4) is 0 Å². The Kier molecular flexibility index (Phi) is 4.54. The van der Waals surface area contributed by atoms with Crippen molar-refractivity contribution in [1.29, 1.82) is 0 Å². The summed E-state index contributed by atoms with van der Waals surface area (Å²) in [5.74, 6) is -0.928. The van der Waals surface area contributed by atoms with E-state index in [0.29, 0.717) is 11.2 Å². The van der Waals surface area contributed by atoms with Crippen LogP contribution >= 0.6 is 15.9 Å². The summed E-state index contributed by atoms with van der Waals surface area (Å²) in [4.78, 5) is 25.8. The van der Waals surface area contributed by atoms with Gasteiger partial charge in [-0.3, -0.25) is 9.89 Å². The van der Waals surface area contributed by atoms with Gasteiger partial charge in [0, 0.05) is 17.6 Å². The van der Waals surface area contributed by atoms with E-state index in [-0.39, 0.29) is 36.9 Å². The molecule has 0 fully saturated rings. The SMILES string of the molecule is COC(=O)C1=C(Nc2ccc3c(Br)[nH]nc3c2)C(=O)N(CCO)C1. The first-order valence-electron chi connectivity index (χ1n) is 7.17. The van der Waals surface area contributed by atoms with Crippen molar-refractivity contribution >= 4 is 44.4 Å². The van der Waals surface area contributed by atoms with Crippen LogP contribution in [0.2, 0.25) is 0 Å². The van der Waals surface area contributed by atoms with Crippen molar-refractivity contribution in [3.05, 3.63) is 34.1 Å². The van der Waals surface area contributed by atoms with Gasteiger partial charge in [-0.2, -0.15) is 5.10 Å². The van der Waals surface area contributed by atoms with Crippen molar-refractivity contribution in [1.82, 2.24) is 15.1 Å². The van der Waals surface area contributed by atoms with Crippen LogP contribution in [0.15, 0.2) is 34.1 Å². The van der Waals surface area contributed by atoms with Gasteiger partial charge in [0.05, 0.1) is 31.4 Å². The lowest BCUT2D eigenvalue weighted by Gasteiger charge is -2.15. The van der Waals surface area contributed by atoms with Gasteiger partial charge >= 0.3 is 5.97 Å². The third-order valence-corrected chi connectivity index (χ3v) is 4.34. The number of esters is 1. The predicted octanol–water partition coefficient (Wildman–Crippen LogP) is 0.999. The normalized spacial score (nSPS) is 14.6. The molecular formula is C15H15BrN4O4. The number of fused-ring (bicyclic) bond motifs is 1. The van der Waals surface area contributed by atoms with Gasteiger partial charge in [0.15, 0.2) is 0 Å². The molecule has 0 bridgehead atoms. The minimum absolute atomic E-state index is 0.102. The number of aliphatic hydroxyl groups excluding tert-OH is 1. The highest BCUT2D eigenvalue weighted by Gasteiger charge is 2.34. The quantitative estimate of drug-likeness (QED) is 0.652. The van der Waals surface area contributed by atoms with Crippen molar-refractivity contribution < 1.29 is 19.4 Å². The highest BCUT2D eigenvalue weighted by molar-refractivity contribution is 9.10. The van der Waals surface area contributed by atoms with Gasteiger partial charge in [-0.05, 0) is 34.1 Å². The van der Waals surface area contributed by atoms with E-state index in [2.05, 4.69) is 31.4 Å². The third kappa shape index (κ3) is 2.87. The van der Waals surface area contributed by atoms with Crippen molar-refractivity contribution in [2.45, 2.75) is 0 Å². The van der Waals surface area contributed by atoms with Crippen LogP contribution in [0.1, 0.15) is 0 Å². The molecule has 0 radical (unpaired) electrons. The van der Waals surface area contributed by atoms with Crippen LogP contribution in [-0.2, 0) is 14.3 Å². The van der Waals surface area contributed by atoms with E-state index in [1.807, 2.05) is 6.07 Å². The fourth-order valence-electron chi connectivity index (χ4n) is 2.55. The van der Waals surface area contributed by atoms with E-state index < -0.39 is 5.97 Å². The summed E-state index contributed by atoms with van der Waals surface area (Å²) in [5.41, 5.74) is 1.73. The van der Waals surface area contributed by atoms with Crippen LogP contribution in [0.25, 0.3) is 10.9 Å². The number of rotatable bonds is 5. The minimum Gasteiger partial charge on any atom is -0.466 e. The number of aliphatic hydroxyl groups is 1. The Bertz CT molecular complexity index is 845. The van der Waals surface area contributed by atoms with Crippen molar-refractivity contribution in [2.24, 2.45) is 0 Å². The van der Waals surface area contributed by atoms with Crippen LogP contribution in [0, 0.1) is 0 Å². The molecule has 126 valence electrons. The summed E-state index contributed by atoms with van der Waals surface area (Å²) < 4.78 is 5.52. The average Bonchev–Trinajstić information content (AvgIpc) is 3.09. The monoisotopic (exact) mass is 394 g/mol. The Balaban J connectivity index is 1.93. The molecule has 1 aromatic carbocycles. The Morgan fingerprint density at radius 2 is 2.33 bits per heavy atom. The molecule has 2 aromatic rings. The number of amides is 1. The Labute approximate surface area is 145 Å². The van der Waals surface area contributed by atoms with E-state index in [4.69, 9.17) is 9.84 Å². The molecule has 0 unspecified atom stereocenters. The number of hydrogen-bond acceptors (Lipinski definition) is 6. The van der Waals surface area contributed by atoms with E-state index in [0.717, 1.165) is 9.99 Å². The number of nitrogens with zero attached hydrogens (tertiary/aromatic N) is 2. The number of ether oxygens (including phenoxy) is 1. The number of benzene rings is 1. The highest BCUT2D eigenvalue weighted by Crippen LogP contribution is 2.27. The number of β-amino-alcohol motifs (C(OH)–C–C–N with tert-alkyl or cyclic N) is 1. The molecule has 24 heavy (non-hydrogen) atoms. The molecule has 1 aliphatic heterocycles. The molecule has 3 rings (SSSR count). The summed E-state index contributed by atoms with van der Waals surface area (Å²) in [7, 11) is 1.26. The number of carbonyl (C=O) groups excluding carboxylic acids is 2. The van der Waals surface area contributed by atoms with Gasteiger partial charge < -0.3 is 20.1 Å². The summed E-state index contributed by atoms with van der Waals surface area (Å²) in [5, 5.41) is 19.9. The molecule has 8 nitrogen and oxygen atoms in total. The summed E-state index contributed by atoms with van der Waals surface area (Å²) >= 11 is 3.36. The summed E-state index contributed by atoms with van der Waals surface area (Å²) in [6.07, 6.45) is 0. The van der Waals surface area contributed by atoms with E-state index in [1.165, 1.54) is 12.0 Å². The number of nitrogens with one attached hydrogen (secondary N) is 2. The molecule has 1 amide bonds. The van der Waals surface area contributed by atoms with Crippen molar-refractivity contribution in [3.63, 3.8) is 0 Å². The molecule has 9 heteroatoms. The van der Waals surface area contributed by atoms with E-state index >= 15 is 0 Å². The lowest BCUT2D eigenvalue weighted by atomic mass is 10.2. The van der Waals surface area contributed by atoms with E-state index in [9.17, 15) is 9.59 Å². The number of aromatic nitrogens is 2. The molecular weight excluding hydrogens is 380 g/mol. The fraction of sp³-hybridized carbons (Fsp3) is 0.267. The number of H-pyrrole nitrogens is 1. The zero-order valence-electron chi connectivity index (χ0n) is 12.8. The topological polar surface area (TPSA) is 108 Å². The zero-order chi connectivity index (χ0) is 17.3. The Morgan fingerprint density at radius 3 is 3.04 bits per heavy atom. The van der Waals surface area contributed by atoms with Crippen LogP contribution < -0.4 is 5.32 Å². The molecule has 0 atom stereocenters. The number of methoxy groups -OCH3 is 1. The number of aromatic amines is 1. The molecule has 0 saturated carbocycles. The number of hydrogen-bond donors (Lipinski definition) is 3. The second-order valence-electron chi connectivity index (χ2n) is 5.19. The van der Waals surface area contributed by atoms with Gasteiger partial charge in [-0.25, -0.2) is 4.79 Å². The van der Waals surface area contributed by atoms with E-state index in [1.54, 1.807) is 12.1 Å². The highest BCUT2D eigenvalue weighted by atomic mass is 79.9. The maximum Gasteiger partial charge on any atom is 0.337 e. The molecule has 0 aliphatic carbocycles. The standard InChI is InChI=1S/C15H15BrN4O4/c1-24-15(23)10-7-20(4-5-21)14(22)12(10)17-8-2-3-9-11(6-8)18-19-13(9)16/h2-3,6,17,21H,4-5,7H2,1H3,(H,18,19). The van der Waals surface area contributed by atoms with Gasteiger partial charge in [0.1, 0.15) is 10.3 Å². The molecule has 1 aliphatic rings. The maximum atomic E-state index is 12.5. The Hall–Kier alpha value is -2.39. The molecule has 3 N–H and O–H groups in total. The van der Waals surface area contributed by atoms with Crippen LogP contribution in [0.4, 0.5) is 5.69 Å². The van der Waals surface area contributed by atoms with Gasteiger partial charge in [0.25, 0.3) is 5.91 Å². The largest absolute Gasteiger partial charge is 0.466 e. The average molecular weight is 395 g/mol. The lowest BCUT2D eigenvalue weighted by molar-refractivity contribution is -0.136. The van der Waals surface area contributed by atoms with Crippen LogP contribution in [-0.4, -0.2) is 58.9 Å². The zero-order valence-corrected chi connectivity index (χ0v) is 14.4. The summed E-state index contributed by atoms with van der Waals surface area (Å²) in [6, 6.07) is 5.39. The first kappa shape index (κ1) is 16.5. The smallest absolute Gasteiger partial charge is 0.337 e. The van der Waals surface area contributed by atoms with Crippen molar-refractivity contribution in [3.8, 4) is 0 Å². The first-order valence-corrected chi connectivity index (χ1v) is 7.96. The predicted molar refractivity (Wildman–Crippen MR) is 90.1 cm³/mol. The Morgan fingerprint density at radius 1 is 1.54 bits per heavy atom. The number of carbonyl (C=O) groups is 2. The van der Waals surface area contributed by atoms with Crippen molar-refractivity contribution in [2.75, 3.05) is 32.1 Å². The second-order valence-corrected chi connectivity index (χ2v) is 5.98. The lowest BCUT2D eigenvalue weighted by Crippen LogP contribution is -2.31. The molecule has 1 aromatic heterocycles. The van der Waals surface area contributed by atoms with Gasteiger partial charge in [-0.15, -0.1) is 0 Å². The first-order chi connectivity index (χ1) is 11.5. The minimum atomic E-state index is -0.574. The second kappa shape index (κ2) is 6.62. The third-order valence-electron chi connectivity index (χ3n) is 3.73. The van der Waals surface area contributed by atoms with Gasteiger partial charge in [0.2, 0.25) is 0 Å². The number of halogens is 1. The van der Waals surface area contributed by atoms with Gasteiger partial charge in [-0.1, -0.05) is 0 Å². The molecule has 2 heterocycles. The maximum absolute atomic E-state index is 12.5. The number of anilines is 1. The fourth-order valence-corrected chi connectivity index (χ4v) is 2.97. The summed E-state index contributed by atoms with van der Waals surface area (Å²) in [6.45, 7) is 0.0706. The molecule has 0 spiro atoms. The molecule has 0 saturated heterocycles. The van der Waals surface area contributed by atoms with Crippen LogP contribution in [0.5, 0.6) is 0 Å².